The van der Waals surface area contributed by atoms with Gasteiger partial charge in [0, 0.05) is 6.04 Å². The third-order valence-corrected chi connectivity index (χ3v) is 2.24. The summed E-state index contributed by atoms with van der Waals surface area (Å²) in [4.78, 5) is 0. The molecule has 0 unspecified atom stereocenters. The minimum Gasteiger partial charge on any atom is -0.489 e. The monoisotopic (exact) mass is 206 g/mol. The van der Waals surface area contributed by atoms with Crippen molar-refractivity contribution in [3.63, 3.8) is 0 Å². The normalized spacial score (nSPS) is 15.4. The highest BCUT2D eigenvalue weighted by Crippen LogP contribution is 2.25. The van der Waals surface area contributed by atoms with Gasteiger partial charge in [-0.05, 0) is 38.8 Å². The maximum atomic E-state index is 5.70. The third-order valence-electron chi connectivity index (χ3n) is 2.24. The molecule has 2 rings (SSSR count). The molecule has 1 fully saturated rings. The average Bonchev–Trinajstić information content (AvgIpc) is 2.99. The molecule has 1 saturated carbocycles. The second-order valence-corrected chi connectivity index (χ2v) is 4.21. The molecule has 0 aliphatic heterocycles. The first-order chi connectivity index (χ1) is 7.25. The van der Waals surface area contributed by atoms with Crippen molar-refractivity contribution in [1.82, 2.24) is 5.43 Å². The number of anilines is 1. The molecule has 0 bridgehead atoms. The van der Waals surface area contributed by atoms with E-state index in [9.17, 15) is 0 Å². The molecule has 82 valence electrons. The Morgan fingerprint density at radius 1 is 1.27 bits per heavy atom. The molecule has 3 heteroatoms. The summed E-state index contributed by atoms with van der Waals surface area (Å²) < 4.78 is 5.70. The molecular formula is C12H18N2O. The zero-order valence-electron chi connectivity index (χ0n) is 9.29. The Labute approximate surface area is 90.8 Å². The van der Waals surface area contributed by atoms with Crippen molar-refractivity contribution in [2.24, 2.45) is 0 Å². The second-order valence-electron chi connectivity index (χ2n) is 4.21. The summed E-state index contributed by atoms with van der Waals surface area (Å²) in [6.45, 7) is 4.07. The fourth-order valence-electron chi connectivity index (χ4n) is 1.33. The lowest BCUT2D eigenvalue weighted by Crippen LogP contribution is -2.24. The van der Waals surface area contributed by atoms with Crippen molar-refractivity contribution < 1.29 is 4.74 Å². The van der Waals surface area contributed by atoms with E-state index in [1.54, 1.807) is 0 Å². The molecule has 0 amide bonds. The molecule has 0 saturated heterocycles. The van der Waals surface area contributed by atoms with Crippen LogP contribution in [0.25, 0.3) is 0 Å². The van der Waals surface area contributed by atoms with Gasteiger partial charge in [0.1, 0.15) is 5.75 Å². The summed E-state index contributed by atoms with van der Waals surface area (Å²) >= 11 is 0. The van der Waals surface area contributed by atoms with Crippen LogP contribution in [0.2, 0.25) is 0 Å². The highest BCUT2D eigenvalue weighted by atomic mass is 16.5. The standard InChI is InChI=1S/C12H18N2O/c1-9(2)15-12-6-4-3-5-11(12)14-13-10-7-8-10/h3-6,9-10,13-14H,7-8H2,1-2H3. The summed E-state index contributed by atoms with van der Waals surface area (Å²) in [5, 5.41) is 0. The van der Waals surface area contributed by atoms with Crippen LogP contribution in [0.1, 0.15) is 26.7 Å². The highest BCUT2D eigenvalue weighted by Gasteiger charge is 2.20. The van der Waals surface area contributed by atoms with E-state index < -0.39 is 0 Å². The number of hydrogen-bond acceptors (Lipinski definition) is 3. The number of para-hydroxylation sites is 2. The van der Waals surface area contributed by atoms with Gasteiger partial charge in [-0.3, -0.25) is 0 Å². The third kappa shape index (κ3) is 3.13. The van der Waals surface area contributed by atoms with E-state index in [0.717, 1.165) is 11.4 Å². The molecular weight excluding hydrogens is 188 g/mol. The van der Waals surface area contributed by atoms with Crippen LogP contribution in [0.15, 0.2) is 24.3 Å². The molecule has 1 aliphatic carbocycles. The topological polar surface area (TPSA) is 33.3 Å². The van der Waals surface area contributed by atoms with Gasteiger partial charge in [-0.2, -0.15) is 0 Å². The van der Waals surface area contributed by atoms with Gasteiger partial charge in [-0.15, -0.1) is 0 Å². The maximum Gasteiger partial charge on any atom is 0.144 e. The predicted molar refractivity (Wildman–Crippen MR) is 62.0 cm³/mol. The van der Waals surface area contributed by atoms with Gasteiger partial charge < -0.3 is 10.2 Å². The Morgan fingerprint density at radius 2 is 2.00 bits per heavy atom. The lowest BCUT2D eigenvalue weighted by molar-refractivity contribution is 0.243. The molecule has 0 spiro atoms. The number of rotatable bonds is 5. The first-order valence-corrected chi connectivity index (χ1v) is 5.53. The SMILES string of the molecule is CC(C)Oc1ccccc1NNC1CC1. The van der Waals surface area contributed by atoms with E-state index in [4.69, 9.17) is 4.74 Å². The Balaban J connectivity index is 1.99. The molecule has 1 aliphatic rings. The Hall–Kier alpha value is -1.22. The fraction of sp³-hybridized carbons (Fsp3) is 0.500. The lowest BCUT2D eigenvalue weighted by atomic mass is 10.3. The predicted octanol–water partition coefficient (Wildman–Crippen LogP) is 2.55. The van der Waals surface area contributed by atoms with Gasteiger partial charge in [0.05, 0.1) is 11.8 Å². The van der Waals surface area contributed by atoms with Crippen LogP contribution in [-0.2, 0) is 0 Å². The summed E-state index contributed by atoms with van der Waals surface area (Å²) in [5.74, 6) is 0.903. The molecule has 1 aromatic carbocycles. The summed E-state index contributed by atoms with van der Waals surface area (Å²) in [5.41, 5.74) is 7.47. The van der Waals surface area contributed by atoms with Crippen molar-refractivity contribution in [3.05, 3.63) is 24.3 Å². The zero-order chi connectivity index (χ0) is 10.7. The van der Waals surface area contributed by atoms with E-state index in [0.29, 0.717) is 6.04 Å². The van der Waals surface area contributed by atoms with Crippen LogP contribution >= 0.6 is 0 Å². The van der Waals surface area contributed by atoms with Crippen molar-refractivity contribution in [2.75, 3.05) is 5.43 Å². The Morgan fingerprint density at radius 3 is 2.67 bits per heavy atom. The molecule has 3 nitrogen and oxygen atoms in total. The van der Waals surface area contributed by atoms with Crippen LogP contribution in [0.5, 0.6) is 5.75 Å². The number of benzene rings is 1. The Bertz CT molecular complexity index is 321. The summed E-state index contributed by atoms with van der Waals surface area (Å²) in [6, 6.07) is 8.63. The minimum atomic E-state index is 0.203. The Kier molecular flexibility index (Phi) is 3.11. The second kappa shape index (κ2) is 4.53. The molecule has 0 atom stereocenters. The smallest absolute Gasteiger partial charge is 0.144 e. The summed E-state index contributed by atoms with van der Waals surface area (Å²) in [7, 11) is 0. The van der Waals surface area contributed by atoms with E-state index in [1.165, 1.54) is 12.8 Å². The van der Waals surface area contributed by atoms with E-state index in [2.05, 4.69) is 10.9 Å². The van der Waals surface area contributed by atoms with Crippen LogP contribution in [-0.4, -0.2) is 12.1 Å². The van der Waals surface area contributed by atoms with Crippen LogP contribution in [0.4, 0.5) is 5.69 Å². The fourth-order valence-corrected chi connectivity index (χ4v) is 1.33. The van der Waals surface area contributed by atoms with Crippen molar-refractivity contribution in [1.29, 1.82) is 0 Å². The first kappa shape index (κ1) is 10.3. The van der Waals surface area contributed by atoms with Gasteiger partial charge in [0.2, 0.25) is 0 Å². The quantitative estimate of drug-likeness (QED) is 0.726. The highest BCUT2D eigenvalue weighted by molar-refractivity contribution is 5.55. The van der Waals surface area contributed by atoms with Crippen molar-refractivity contribution in [2.45, 2.75) is 38.8 Å². The van der Waals surface area contributed by atoms with Crippen molar-refractivity contribution >= 4 is 5.69 Å². The number of hydrogen-bond donors (Lipinski definition) is 2. The lowest BCUT2D eigenvalue weighted by Gasteiger charge is -2.15. The average molecular weight is 206 g/mol. The number of nitrogens with one attached hydrogen (secondary N) is 2. The molecule has 2 N–H and O–H groups in total. The zero-order valence-corrected chi connectivity index (χ0v) is 9.29. The van der Waals surface area contributed by atoms with E-state index >= 15 is 0 Å². The molecule has 0 heterocycles. The van der Waals surface area contributed by atoms with Crippen molar-refractivity contribution in [3.8, 4) is 5.75 Å². The largest absolute Gasteiger partial charge is 0.489 e. The van der Waals surface area contributed by atoms with Gasteiger partial charge >= 0.3 is 0 Å². The van der Waals surface area contributed by atoms with Crippen LogP contribution < -0.4 is 15.6 Å². The van der Waals surface area contributed by atoms with E-state index in [-0.39, 0.29) is 6.10 Å². The molecule has 0 aromatic heterocycles. The van der Waals surface area contributed by atoms with E-state index in [1.807, 2.05) is 38.1 Å². The molecule has 15 heavy (non-hydrogen) atoms. The first-order valence-electron chi connectivity index (χ1n) is 5.53. The van der Waals surface area contributed by atoms with Gasteiger partial charge in [0.25, 0.3) is 0 Å². The summed E-state index contributed by atoms with van der Waals surface area (Å²) in [6.07, 6.45) is 2.73. The minimum absolute atomic E-state index is 0.203. The van der Waals surface area contributed by atoms with Gasteiger partial charge in [0.15, 0.2) is 0 Å². The van der Waals surface area contributed by atoms with Crippen LogP contribution in [0.3, 0.4) is 0 Å². The van der Waals surface area contributed by atoms with Crippen LogP contribution in [0, 0.1) is 0 Å². The molecule has 0 radical (unpaired) electrons. The number of ether oxygens (including phenoxy) is 1. The number of hydrazine groups is 1. The maximum absolute atomic E-state index is 5.70. The molecule has 1 aromatic rings. The van der Waals surface area contributed by atoms with Gasteiger partial charge in [-0.25, -0.2) is 5.43 Å². The van der Waals surface area contributed by atoms with Gasteiger partial charge in [-0.1, -0.05) is 12.1 Å².